The van der Waals surface area contributed by atoms with Crippen LogP contribution in [0.5, 0.6) is 11.5 Å². The molecule has 8 nitrogen and oxygen atoms in total. The summed E-state index contributed by atoms with van der Waals surface area (Å²) in [6.07, 6.45) is 0. The van der Waals surface area contributed by atoms with Crippen LogP contribution in [0.15, 0.2) is 88.7 Å². The third-order valence-electron chi connectivity index (χ3n) is 6.38. The fourth-order valence-corrected chi connectivity index (χ4v) is 6.80. The Morgan fingerprint density at radius 2 is 1.73 bits per heavy atom. The van der Waals surface area contributed by atoms with Crippen molar-refractivity contribution in [3.8, 4) is 11.5 Å². The number of sulfonamides is 1. The van der Waals surface area contributed by atoms with Crippen LogP contribution in [-0.4, -0.2) is 62.5 Å². The van der Waals surface area contributed by atoms with E-state index in [0.717, 1.165) is 27.3 Å². The Labute approximate surface area is 240 Å². The lowest BCUT2D eigenvalue weighted by Crippen LogP contribution is -2.34. The number of hydrogen-bond donors (Lipinski definition) is 2. The van der Waals surface area contributed by atoms with Crippen molar-refractivity contribution in [2.75, 3.05) is 45.0 Å². The molecule has 1 unspecified atom stereocenters. The fourth-order valence-electron chi connectivity index (χ4n) is 4.19. The molecule has 10 heteroatoms. The molecule has 1 heterocycles. The molecule has 0 bridgehead atoms. The van der Waals surface area contributed by atoms with Gasteiger partial charge in [-0.3, -0.25) is 0 Å². The molecule has 0 radical (unpaired) electrons. The van der Waals surface area contributed by atoms with Crippen LogP contribution in [0.3, 0.4) is 0 Å². The van der Waals surface area contributed by atoms with E-state index in [1.165, 1.54) is 4.31 Å². The van der Waals surface area contributed by atoms with Crippen LogP contribution >= 0.6 is 11.8 Å². The second kappa shape index (κ2) is 13.8. The Morgan fingerprint density at radius 1 is 1.00 bits per heavy atom. The molecule has 0 saturated carbocycles. The zero-order chi connectivity index (χ0) is 28.5. The summed E-state index contributed by atoms with van der Waals surface area (Å²) >= 11 is 1.69. The molecule has 4 rings (SSSR count). The molecule has 0 fully saturated rings. The number of rotatable bonds is 14. The predicted octanol–water partition coefficient (Wildman–Crippen LogP) is 5.28. The first-order chi connectivity index (χ1) is 19.3. The lowest BCUT2D eigenvalue weighted by atomic mass is 10.2. The quantitative estimate of drug-likeness (QED) is 0.194. The van der Waals surface area contributed by atoms with Crippen LogP contribution in [0.25, 0.3) is 10.9 Å². The van der Waals surface area contributed by atoms with E-state index in [9.17, 15) is 13.5 Å². The maximum Gasteiger partial charge on any atom is 0.247 e. The van der Waals surface area contributed by atoms with Crippen molar-refractivity contribution in [3.63, 3.8) is 0 Å². The van der Waals surface area contributed by atoms with Gasteiger partial charge in [0.2, 0.25) is 10.0 Å². The van der Waals surface area contributed by atoms with Gasteiger partial charge in [0.1, 0.15) is 22.2 Å². The van der Waals surface area contributed by atoms with Crippen molar-refractivity contribution < 1.29 is 23.0 Å². The molecule has 0 spiro atoms. The average Bonchev–Trinajstić information content (AvgIpc) is 2.98. The molecule has 1 aromatic heterocycles. The van der Waals surface area contributed by atoms with Gasteiger partial charge in [0, 0.05) is 35.7 Å². The molecule has 2 N–H and O–H groups in total. The number of methoxy groups -OCH3 is 2. The van der Waals surface area contributed by atoms with Gasteiger partial charge in [-0.25, -0.2) is 13.4 Å². The number of thioether (sulfide) groups is 1. The molecule has 40 heavy (non-hydrogen) atoms. The Kier molecular flexibility index (Phi) is 10.3. The van der Waals surface area contributed by atoms with Crippen molar-refractivity contribution >= 4 is 38.5 Å². The summed E-state index contributed by atoms with van der Waals surface area (Å²) in [5, 5.41) is 13.8. The first-order valence-electron chi connectivity index (χ1n) is 13.0. The number of nitrogens with zero attached hydrogens (tertiary/aromatic N) is 2. The molecule has 0 aliphatic rings. The maximum atomic E-state index is 14.0. The summed E-state index contributed by atoms with van der Waals surface area (Å²) in [5.41, 5.74) is 1.48. The van der Waals surface area contributed by atoms with Gasteiger partial charge in [0.25, 0.3) is 0 Å². The molecular weight excluding hydrogens is 546 g/mol. The van der Waals surface area contributed by atoms with E-state index >= 15 is 0 Å². The highest BCUT2D eigenvalue weighted by atomic mass is 32.2. The summed E-state index contributed by atoms with van der Waals surface area (Å²) < 4.78 is 40.0. The Bertz CT molecular complexity index is 1510. The minimum Gasteiger partial charge on any atom is -0.497 e. The van der Waals surface area contributed by atoms with E-state index in [4.69, 9.17) is 14.5 Å². The third kappa shape index (κ3) is 7.25. The second-order valence-electron chi connectivity index (χ2n) is 9.39. The first-order valence-corrected chi connectivity index (χ1v) is 15.4. The number of fused-ring (bicyclic) bond motifs is 1. The van der Waals surface area contributed by atoms with E-state index < -0.39 is 10.0 Å². The summed E-state index contributed by atoms with van der Waals surface area (Å²) in [4.78, 5) is 5.85. The highest BCUT2D eigenvalue weighted by Gasteiger charge is 2.29. The SMILES string of the molecule is COc1ccc(CN(CCO)S(=O)(=O)c2cc3ccccc3nc2NCC(C)CSc2ccccc2OC)cc1. The van der Waals surface area contributed by atoms with Crippen LogP contribution in [0.4, 0.5) is 5.82 Å². The third-order valence-corrected chi connectivity index (χ3v) is 9.63. The van der Waals surface area contributed by atoms with Gasteiger partial charge in [-0.05, 0) is 47.9 Å². The number of anilines is 1. The van der Waals surface area contributed by atoms with Crippen molar-refractivity contribution in [2.24, 2.45) is 5.92 Å². The fraction of sp³-hybridized carbons (Fsp3) is 0.300. The summed E-state index contributed by atoms with van der Waals surface area (Å²) in [6.45, 7) is 2.37. The van der Waals surface area contributed by atoms with Gasteiger partial charge in [0.05, 0.1) is 26.3 Å². The number of nitrogens with one attached hydrogen (secondary N) is 1. The minimum atomic E-state index is -4.02. The maximum absolute atomic E-state index is 14.0. The number of aliphatic hydroxyl groups is 1. The molecule has 0 amide bonds. The van der Waals surface area contributed by atoms with Gasteiger partial charge >= 0.3 is 0 Å². The van der Waals surface area contributed by atoms with Crippen LogP contribution in [-0.2, 0) is 16.6 Å². The number of aromatic nitrogens is 1. The largest absolute Gasteiger partial charge is 0.497 e. The summed E-state index contributed by atoms with van der Waals surface area (Å²) in [6, 6.07) is 24.2. The van der Waals surface area contributed by atoms with Crippen LogP contribution in [0.1, 0.15) is 12.5 Å². The van der Waals surface area contributed by atoms with Crippen LogP contribution < -0.4 is 14.8 Å². The molecule has 0 aliphatic heterocycles. The van der Waals surface area contributed by atoms with Crippen molar-refractivity contribution in [2.45, 2.75) is 23.3 Å². The van der Waals surface area contributed by atoms with E-state index in [0.29, 0.717) is 23.6 Å². The number of ether oxygens (including phenoxy) is 2. The van der Waals surface area contributed by atoms with Crippen LogP contribution in [0, 0.1) is 5.92 Å². The topological polar surface area (TPSA) is 101 Å². The molecule has 0 aliphatic carbocycles. The molecule has 3 aromatic carbocycles. The number of para-hydroxylation sites is 2. The van der Waals surface area contributed by atoms with E-state index in [1.807, 2.05) is 60.7 Å². The molecule has 4 aromatic rings. The van der Waals surface area contributed by atoms with Gasteiger partial charge in [-0.2, -0.15) is 4.31 Å². The molecule has 1 atom stereocenters. The zero-order valence-corrected chi connectivity index (χ0v) is 24.5. The van der Waals surface area contributed by atoms with Gasteiger partial charge in [-0.1, -0.05) is 49.4 Å². The van der Waals surface area contributed by atoms with Gasteiger partial charge in [0.15, 0.2) is 0 Å². The lowest BCUT2D eigenvalue weighted by Gasteiger charge is -2.24. The van der Waals surface area contributed by atoms with Crippen molar-refractivity contribution in [1.29, 1.82) is 0 Å². The standard InChI is InChI=1S/C30H35N3O5S2/c1-22(21-39-28-11-7-6-10-27(28)38-3)19-31-30-29(18-24-8-4-5-9-26(24)32-30)40(35,36)33(16-17-34)20-23-12-14-25(37-2)15-13-23/h4-15,18,22,34H,16-17,19-21H2,1-3H3,(H,31,32). The average molecular weight is 582 g/mol. The molecular formula is C30H35N3O5S2. The number of aliphatic hydroxyl groups excluding tert-OH is 1. The Hall–Kier alpha value is -3.31. The Balaban J connectivity index is 1.58. The number of hydrogen-bond acceptors (Lipinski definition) is 8. The molecule has 212 valence electrons. The Morgan fingerprint density at radius 3 is 2.45 bits per heavy atom. The second-order valence-corrected chi connectivity index (χ2v) is 12.4. The minimum absolute atomic E-state index is 0.0490. The van der Waals surface area contributed by atoms with Crippen molar-refractivity contribution in [1.82, 2.24) is 9.29 Å². The predicted molar refractivity (Wildman–Crippen MR) is 161 cm³/mol. The smallest absolute Gasteiger partial charge is 0.247 e. The van der Waals surface area contributed by atoms with Gasteiger partial charge in [-0.15, -0.1) is 11.8 Å². The normalized spacial score (nSPS) is 12.4. The highest BCUT2D eigenvalue weighted by molar-refractivity contribution is 7.99. The van der Waals surface area contributed by atoms with E-state index in [2.05, 4.69) is 12.2 Å². The first kappa shape index (κ1) is 29.7. The number of pyridine rings is 1. The summed E-state index contributed by atoms with van der Waals surface area (Å²) in [7, 11) is -0.777. The highest BCUT2D eigenvalue weighted by Crippen LogP contribution is 2.31. The van der Waals surface area contributed by atoms with Crippen molar-refractivity contribution in [3.05, 3.63) is 84.4 Å². The van der Waals surface area contributed by atoms with E-state index in [1.54, 1.807) is 44.2 Å². The number of benzene rings is 3. The lowest BCUT2D eigenvalue weighted by molar-refractivity contribution is 0.251. The monoisotopic (exact) mass is 581 g/mol. The summed E-state index contributed by atoms with van der Waals surface area (Å²) in [5.74, 6) is 2.82. The van der Waals surface area contributed by atoms with Gasteiger partial charge < -0.3 is 19.9 Å². The van der Waals surface area contributed by atoms with Crippen LogP contribution in [0.2, 0.25) is 0 Å². The van der Waals surface area contributed by atoms with E-state index in [-0.39, 0.29) is 30.5 Å². The molecule has 0 saturated heterocycles. The zero-order valence-electron chi connectivity index (χ0n) is 22.9.